The van der Waals surface area contributed by atoms with E-state index in [0.29, 0.717) is 12.1 Å². The van der Waals surface area contributed by atoms with E-state index in [1.54, 1.807) is 0 Å². The highest BCUT2D eigenvalue weighted by Crippen LogP contribution is 2.39. The number of piperidine rings is 1. The molecule has 1 spiro atoms. The third kappa shape index (κ3) is 3.24. The minimum atomic E-state index is -0.673. The molecule has 4 rings (SSSR count). The van der Waals surface area contributed by atoms with Gasteiger partial charge in [0, 0.05) is 30.4 Å². The van der Waals surface area contributed by atoms with Crippen LogP contribution in [0, 0.1) is 13.8 Å². The molecule has 1 aromatic carbocycles. The van der Waals surface area contributed by atoms with Gasteiger partial charge in [-0.3, -0.25) is 9.59 Å². The van der Waals surface area contributed by atoms with Crippen molar-refractivity contribution < 1.29 is 9.59 Å². The molecule has 2 aliphatic rings. The van der Waals surface area contributed by atoms with Gasteiger partial charge >= 0.3 is 0 Å². The first-order valence-corrected chi connectivity index (χ1v) is 10.6. The van der Waals surface area contributed by atoms with E-state index >= 15 is 0 Å². The van der Waals surface area contributed by atoms with Crippen LogP contribution in [-0.2, 0) is 4.79 Å². The number of amides is 2. The van der Waals surface area contributed by atoms with Crippen LogP contribution in [-0.4, -0.2) is 56.1 Å². The van der Waals surface area contributed by atoms with Crippen LogP contribution in [0.5, 0.6) is 0 Å². The second kappa shape index (κ2) is 7.32. The van der Waals surface area contributed by atoms with Gasteiger partial charge in [-0.05, 0) is 77.6 Å². The van der Waals surface area contributed by atoms with Crippen molar-refractivity contribution in [1.29, 1.82) is 0 Å². The summed E-state index contributed by atoms with van der Waals surface area (Å²) < 4.78 is 1.86. The molecule has 2 amide bonds. The average molecular weight is 395 g/mol. The Balaban J connectivity index is 1.67. The summed E-state index contributed by atoms with van der Waals surface area (Å²) >= 11 is 0. The van der Waals surface area contributed by atoms with Gasteiger partial charge in [-0.1, -0.05) is 6.07 Å². The van der Waals surface area contributed by atoms with Gasteiger partial charge in [0.05, 0.1) is 11.4 Å². The zero-order valence-electron chi connectivity index (χ0n) is 17.8. The highest BCUT2D eigenvalue weighted by Gasteiger charge is 2.53. The molecule has 2 aromatic rings. The molecule has 6 heteroatoms. The molecule has 0 radical (unpaired) electrons. The quantitative estimate of drug-likeness (QED) is 0.801. The average Bonchev–Trinajstić information content (AvgIpc) is 3.26. The van der Waals surface area contributed by atoms with E-state index in [-0.39, 0.29) is 17.9 Å². The third-order valence-electron chi connectivity index (χ3n) is 6.35. The Morgan fingerprint density at radius 3 is 2.48 bits per heavy atom. The van der Waals surface area contributed by atoms with Crippen molar-refractivity contribution in [1.82, 2.24) is 19.6 Å². The van der Waals surface area contributed by atoms with Crippen molar-refractivity contribution in [2.45, 2.75) is 65.0 Å². The summed E-state index contributed by atoms with van der Waals surface area (Å²) in [6.45, 7) is 9.49. The van der Waals surface area contributed by atoms with Crippen LogP contribution >= 0.6 is 0 Å². The SMILES string of the molecule is Cc1cc(C)n(-c2cccc(C(=O)N3CCCC34CCCN(C(C)C)C4=O)c2)n1. The fourth-order valence-electron chi connectivity index (χ4n) is 4.98. The number of carbonyl (C=O) groups is 2. The topological polar surface area (TPSA) is 58.4 Å². The Kier molecular flexibility index (Phi) is 4.97. The molecule has 2 aliphatic heterocycles. The zero-order chi connectivity index (χ0) is 20.8. The Hall–Kier alpha value is -2.63. The monoisotopic (exact) mass is 394 g/mol. The van der Waals surface area contributed by atoms with Crippen LogP contribution in [0.3, 0.4) is 0 Å². The number of hydrogen-bond donors (Lipinski definition) is 0. The van der Waals surface area contributed by atoms with Crippen molar-refractivity contribution in [3.63, 3.8) is 0 Å². The predicted molar refractivity (Wildman–Crippen MR) is 112 cm³/mol. The van der Waals surface area contributed by atoms with Crippen LogP contribution < -0.4 is 0 Å². The molecule has 3 heterocycles. The van der Waals surface area contributed by atoms with E-state index in [4.69, 9.17) is 0 Å². The van der Waals surface area contributed by atoms with E-state index in [0.717, 1.165) is 49.3 Å². The molecule has 0 saturated carbocycles. The molecule has 1 atom stereocenters. The number of hydrogen-bond acceptors (Lipinski definition) is 3. The molecular weight excluding hydrogens is 364 g/mol. The second-order valence-electron chi connectivity index (χ2n) is 8.68. The molecule has 6 nitrogen and oxygen atoms in total. The first kappa shape index (κ1) is 19.7. The van der Waals surface area contributed by atoms with Crippen molar-refractivity contribution in [2.24, 2.45) is 0 Å². The van der Waals surface area contributed by atoms with Crippen LogP contribution in [0.4, 0.5) is 0 Å². The number of nitrogens with zero attached hydrogens (tertiary/aromatic N) is 4. The lowest BCUT2D eigenvalue weighted by Gasteiger charge is -2.46. The van der Waals surface area contributed by atoms with Crippen molar-refractivity contribution in [3.05, 3.63) is 47.3 Å². The Bertz CT molecular complexity index is 948. The molecule has 2 fully saturated rings. The molecule has 154 valence electrons. The van der Waals surface area contributed by atoms with Gasteiger partial charge in [-0.25, -0.2) is 4.68 Å². The molecule has 0 bridgehead atoms. The summed E-state index contributed by atoms with van der Waals surface area (Å²) in [4.78, 5) is 30.7. The molecule has 0 aliphatic carbocycles. The number of benzene rings is 1. The molecule has 2 saturated heterocycles. The maximum Gasteiger partial charge on any atom is 0.254 e. The van der Waals surface area contributed by atoms with E-state index in [9.17, 15) is 9.59 Å². The van der Waals surface area contributed by atoms with Gasteiger partial charge in [0.15, 0.2) is 0 Å². The first-order chi connectivity index (χ1) is 13.8. The smallest absolute Gasteiger partial charge is 0.254 e. The Morgan fingerprint density at radius 2 is 1.83 bits per heavy atom. The summed E-state index contributed by atoms with van der Waals surface area (Å²) in [5.41, 5.74) is 2.78. The van der Waals surface area contributed by atoms with E-state index in [1.807, 2.05) is 58.7 Å². The first-order valence-electron chi connectivity index (χ1n) is 10.6. The lowest BCUT2D eigenvalue weighted by Crippen LogP contribution is -2.62. The molecule has 1 unspecified atom stereocenters. The largest absolute Gasteiger partial charge is 0.338 e. The number of rotatable bonds is 3. The number of carbonyl (C=O) groups excluding carboxylic acids is 2. The third-order valence-corrected chi connectivity index (χ3v) is 6.35. The van der Waals surface area contributed by atoms with Crippen molar-refractivity contribution >= 4 is 11.8 Å². The number of aromatic nitrogens is 2. The second-order valence-corrected chi connectivity index (χ2v) is 8.68. The minimum Gasteiger partial charge on any atom is -0.338 e. The predicted octanol–water partition coefficient (Wildman–Crippen LogP) is 3.49. The van der Waals surface area contributed by atoms with Crippen LogP contribution in [0.1, 0.15) is 61.3 Å². The lowest BCUT2D eigenvalue weighted by molar-refractivity contribution is -0.147. The lowest BCUT2D eigenvalue weighted by atomic mass is 9.84. The Labute approximate surface area is 172 Å². The van der Waals surface area contributed by atoms with Crippen LogP contribution in [0.25, 0.3) is 5.69 Å². The van der Waals surface area contributed by atoms with Gasteiger partial charge in [-0.15, -0.1) is 0 Å². The molecular formula is C23H30N4O2. The number of likely N-dealkylation sites (tertiary alicyclic amines) is 2. The highest BCUT2D eigenvalue weighted by atomic mass is 16.2. The van der Waals surface area contributed by atoms with Gasteiger partial charge in [0.2, 0.25) is 5.91 Å². The van der Waals surface area contributed by atoms with Crippen molar-refractivity contribution in [2.75, 3.05) is 13.1 Å². The van der Waals surface area contributed by atoms with E-state index in [1.165, 1.54) is 0 Å². The van der Waals surface area contributed by atoms with E-state index in [2.05, 4.69) is 18.9 Å². The summed E-state index contributed by atoms with van der Waals surface area (Å²) in [5.74, 6) is 0.0733. The summed E-state index contributed by atoms with van der Waals surface area (Å²) in [6, 6.07) is 9.77. The van der Waals surface area contributed by atoms with Crippen LogP contribution in [0.15, 0.2) is 30.3 Å². The summed E-state index contributed by atoms with van der Waals surface area (Å²) in [5, 5.41) is 4.53. The minimum absolute atomic E-state index is 0.0511. The highest BCUT2D eigenvalue weighted by molar-refractivity contribution is 6.00. The van der Waals surface area contributed by atoms with Gasteiger partial charge in [-0.2, -0.15) is 5.10 Å². The van der Waals surface area contributed by atoms with Crippen LogP contribution in [0.2, 0.25) is 0 Å². The maximum atomic E-state index is 13.5. The molecule has 0 N–H and O–H groups in total. The van der Waals surface area contributed by atoms with Gasteiger partial charge in [0.1, 0.15) is 5.54 Å². The van der Waals surface area contributed by atoms with Gasteiger partial charge < -0.3 is 9.80 Å². The Morgan fingerprint density at radius 1 is 1.10 bits per heavy atom. The zero-order valence-corrected chi connectivity index (χ0v) is 17.8. The maximum absolute atomic E-state index is 13.5. The molecule has 1 aromatic heterocycles. The van der Waals surface area contributed by atoms with Crippen molar-refractivity contribution in [3.8, 4) is 5.69 Å². The standard InChI is InChI=1S/C23H30N4O2/c1-16(2)25-12-6-10-23(22(25)29)11-7-13-26(23)21(28)19-8-5-9-20(15-19)27-18(4)14-17(3)24-27/h5,8-9,14-16H,6-7,10-13H2,1-4H3. The molecule has 29 heavy (non-hydrogen) atoms. The fourth-order valence-corrected chi connectivity index (χ4v) is 4.98. The summed E-state index contributed by atoms with van der Waals surface area (Å²) in [7, 11) is 0. The van der Waals surface area contributed by atoms with E-state index < -0.39 is 5.54 Å². The summed E-state index contributed by atoms with van der Waals surface area (Å²) in [6.07, 6.45) is 3.34. The number of aryl methyl sites for hydroxylation is 2. The van der Waals surface area contributed by atoms with Gasteiger partial charge in [0.25, 0.3) is 5.91 Å². The fraction of sp³-hybridized carbons (Fsp3) is 0.522. The normalized spacial score (nSPS) is 22.2.